The molecule has 2 aromatic heterocycles. The average molecular weight is 346 g/mol. The molecule has 0 radical (unpaired) electrons. The van der Waals surface area contributed by atoms with Crippen molar-refractivity contribution in [2.24, 2.45) is 0 Å². The van der Waals surface area contributed by atoms with Gasteiger partial charge in [-0.2, -0.15) is 0 Å². The van der Waals surface area contributed by atoms with Crippen LogP contribution in [0, 0.1) is 0 Å². The van der Waals surface area contributed by atoms with E-state index in [1.54, 1.807) is 17.8 Å². The van der Waals surface area contributed by atoms with E-state index in [0.717, 1.165) is 18.4 Å². The van der Waals surface area contributed by atoms with Gasteiger partial charge >= 0.3 is 0 Å². The Morgan fingerprint density at radius 1 is 1.38 bits per heavy atom. The van der Waals surface area contributed by atoms with Crippen molar-refractivity contribution in [2.75, 3.05) is 13.2 Å². The number of aromatic nitrogens is 3. The lowest BCUT2D eigenvalue weighted by Crippen LogP contribution is -2.46. The molecule has 0 spiro atoms. The average Bonchev–Trinajstić information content (AvgIpc) is 3.22. The van der Waals surface area contributed by atoms with Gasteiger partial charge in [-0.15, -0.1) is 5.10 Å². The fourth-order valence-electron chi connectivity index (χ4n) is 3.44. The van der Waals surface area contributed by atoms with Crippen LogP contribution in [-0.4, -0.2) is 56.8 Å². The maximum atomic E-state index is 12.7. The van der Waals surface area contributed by atoms with Gasteiger partial charge in [-0.25, -0.2) is 0 Å². The van der Waals surface area contributed by atoms with Crippen LogP contribution in [0.4, 0.5) is 0 Å². The summed E-state index contributed by atoms with van der Waals surface area (Å²) in [5, 5.41) is 5.60. The van der Waals surface area contributed by atoms with E-state index >= 15 is 0 Å². The summed E-state index contributed by atoms with van der Waals surface area (Å²) < 4.78 is 15.9. The van der Waals surface area contributed by atoms with Crippen molar-refractivity contribution in [1.82, 2.24) is 19.5 Å². The van der Waals surface area contributed by atoms with E-state index in [-0.39, 0.29) is 24.2 Å². The van der Waals surface area contributed by atoms with Gasteiger partial charge in [0.25, 0.3) is 5.91 Å². The van der Waals surface area contributed by atoms with Crippen molar-refractivity contribution in [3.05, 3.63) is 41.2 Å². The molecule has 2 bridgehead atoms. The third-order valence-electron chi connectivity index (χ3n) is 4.59. The number of rotatable bonds is 4. The zero-order valence-electron chi connectivity index (χ0n) is 13.1. The van der Waals surface area contributed by atoms with Gasteiger partial charge in [0.2, 0.25) is 0 Å². The van der Waals surface area contributed by atoms with Gasteiger partial charge in [0, 0.05) is 24.3 Å². The second-order valence-electron chi connectivity index (χ2n) is 5.97. The third kappa shape index (κ3) is 3.04. The van der Waals surface area contributed by atoms with E-state index in [4.69, 9.17) is 9.47 Å². The molecule has 1 aliphatic heterocycles. The molecule has 2 aromatic rings. The summed E-state index contributed by atoms with van der Waals surface area (Å²) in [6.45, 7) is 1.58. The van der Waals surface area contributed by atoms with Gasteiger partial charge in [-0.1, -0.05) is 4.49 Å². The minimum Gasteiger partial charge on any atom is -0.374 e. The van der Waals surface area contributed by atoms with Crippen LogP contribution in [0.1, 0.15) is 28.9 Å². The fraction of sp³-hybridized carbons (Fsp3) is 0.500. The first kappa shape index (κ1) is 15.6. The maximum absolute atomic E-state index is 12.7. The SMILES string of the molecule is O=C(c1csnn1)N1CCO[C@H]2CC[C@H]1[C@H]2OCc1ccncc1. The highest BCUT2D eigenvalue weighted by Crippen LogP contribution is 2.33. The Balaban J connectivity index is 1.50. The molecule has 1 aliphatic carbocycles. The van der Waals surface area contributed by atoms with Gasteiger partial charge in [-0.05, 0) is 42.1 Å². The monoisotopic (exact) mass is 346 g/mol. The maximum Gasteiger partial charge on any atom is 0.275 e. The van der Waals surface area contributed by atoms with Crippen LogP contribution >= 0.6 is 11.5 Å². The van der Waals surface area contributed by atoms with Gasteiger partial charge in [0.05, 0.1) is 25.4 Å². The number of carbonyl (C=O) groups excluding carboxylic acids is 1. The number of amides is 1. The van der Waals surface area contributed by atoms with Crippen molar-refractivity contribution in [3.8, 4) is 0 Å². The molecule has 7 nitrogen and oxygen atoms in total. The Morgan fingerprint density at radius 3 is 3.04 bits per heavy atom. The predicted molar refractivity (Wildman–Crippen MR) is 86.5 cm³/mol. The van der Waals surface area contributed by atoms with E-state index in [9.17, 15) is 4.79 Å². The van der Waals surface area contributed by atoms with Gasteiger partial charge < -0.3 is 14.4 Å². The molecule has 1 amide bonds. The predicted octanol–water partition coefficient (Wildman–Crippen LogP) is 1.52. The Labute approximate surface area is 143 Å². The molecule has 126 valence electrons. The molecular weight excluding hydrogens is 328 g/mol. The highest BCUT2D eigenvalue weighted by atomic mass is 32.1. The molecule has 2 fully saturated rings. The Hall–Kier alpha value is -1.90. The summed E-state index contributed by atoms with van der Waals surface area (Å²) in [5.74, 6) is -0.0857. The molecule has 1 saturated carbocycles. The molecule has 2 aliphatic rings. The summed E-state index contributed by atoms with van der Waals surface area (Å²) in [4.78, 5) is 18.6. The lowest BCUT2D eigenvalue weighted by atomic mass is 10.1. The highest BCUT2D eigenvalue weighted by Gasteiger charge is 2.45. The Morgan fingerprint density at radius 2 is 2.25 bits per heavy atom. The normalized spacial score (nSPS) is 26.3. The standard InChI is InChI=1S/C16H18N4O3S/c21-16(12-10-24-19-18-12)20-7-8-22-14-2-1-13(20)15(14)23-9-11-3-5-17-6-4-11/h3-6,10,13-15H,1-2,7-9H2/t13-,14-,15+/m0/s1. The molecule has 8 heteroatoms. The van der Waals surface area contributed by atoms with E-state index in [2.05, 4.69) is 14.6 Å². The lowest BCUT2D eigenvalue weighted by molar-refractivity contribution is -0.0598. The zero-order chi connectivity index (χ0) is 16.4. The summed E-state index contributed by atoms with van der Waals surface area (Å²) >= 11 is 1.19. The molecule has 3 heterocycles. The van der Waals surface area contributed by atoms with E-state index in [1.807, 2.05) is 17.0 Å². The summed E-state index contributed by atoms with van der Waals surface area (Å²) in [7, 11) is 0. The topological polar surface area (TPSA) is 77.4 Å². The molecule has 0 N–H and O–H groups in total. The number of pyridine rings is 1. The van der Waals surface area contributed by atoms with E-state index in [1.165, 1.54) is 11.5 Å². The second-order valence-corrected chi connectivity index (χ2v) is 6.58. The summed E-state index contributed by atoms with van der Waals surface area (Å²) in [6.07, 6.45) is 5.23. The zero-order valence-corrected chi connectivity index (χ0v) is 13.9. The first-order valence-electron chi connectivity index (χ1n) is 8.03. The fourth-order valence-corrected chi connectivity index (χ4v) is 3.87. The van der Waals surface area contributed by atoms with Gasteiger partial charge in [-0.3, -0.25) is 9.78 Å². The Bertz CT molecular complexity index is 682. The van der Waals surface area contributed by atoms with Gasteiger partial charge in [0.1, 0.15) is 6.10 Å². The van der Waals surface area contributed by atoms with Crippen LogP contribution in [0.15, 0.2) is 29.9 Å². The van der Waals surface area contributed by atoms with E-state index < -0.39 is 0 Å². The molecule has 3 atom stereocenters. The third-order valence-corrected chi connectivity index (χ3v) is 5.09. The van der Waals surface area contributed by atoms with Crippen molar-refractivity contribution in [3.63, 3.8) is 0 Å². The number of fused-ring (bicyclic) bond motifs is 2. The number of hydrogen-bond donors (Lipinski definition) is 0. The molecule has 1 saturated heterocycles. The molecule has 24 heavy (non-hydrogen) atoms. The van der Waals surface area contributed by atoms with Crippen LogP contribution in [0.2, 0.25) is 0 Å². The minimum absolute atomic E-state index is 0.0218. The van der Waals surface area contributed by atoms with Crippen molar-refractivity contribution < 1.29 is 14.3 Å². The van der Waals surface area contributed by atoms with Crippen LogP contribution in [0.5, 0.6) is 0 Å². The van der Waals surface area contributed by atoms with Crippen LogP contribution in [0.25, 0.3) is 0 Å². The summed E-state index contributed by atoms with van der Waals surface area (Å²) in [5.41, 5.74) is 1.47. The molecular formula is C16H18N4O3S. The number of ether oxygens (including phenoxy) is 2. The van der Waals surface area contributed by atoms with E-state index in [0.29, 0.717) is 25.5 Å². The van der Waals surface area contributed by atoms with Crippen molar-refractivity contribution >= 4 is 17.4 Å². The first-order valence-corrected chi connectivity index (χ1v) is 8.87. The second kappa shape index (κ2) is 6.92. The largest absolute Gasteiger partial charge is 0.374 e. The first-order chi connectivity index (χ1) is 11.8. The smallest absolute Gasteiger partial charge is 0.275 e. The van der Waals surface area contributed by atoms with Crippen LogP contribution in [0.3, 0.4) is 0 Å². The number of carbonyl (C=O) groups is 1. The molecule has 0 aromatic carbocycles. The lowest BCUT2D eigenvalue weighted by Gasteiger charge is -2.30. The summed E-state index contributed by atoms with van der Waals surface area (Å²) in [6, 6.07) is 3.89. The Kier molecular flexibility index (Phi) is 4.50. The van der Waals surface area contributed by atoms with Crippen molar-refractivity contribution in [2.45, 2.75) is 37.7 Å². The number of hydrogen-bond acceptors (Lipinski definition) is 7. The quantitative estimate of drug-likeness (QED) is 0.835. The highest BCUT2D eigenvalue weighted by molar-refractivity contribution is 7.03. The van der Waals surface area contributed by atoms with Crippen LogP contribution < -0.4 is 0 Å². The van der Waals surface area contributed by atoms with Gasteiger partial charge in [0.15, 0.2) is 5.69 Å². The minimum atomic E-state index is -0.115. The van der Waals surface area contributed by atoms with Crippen LogP contribution in [-0.2, 0) is 16.1 Å². The molecule has 0 unspecified atom stereocenters. The van der Waals surface area contributed by atoms with Crippen molar-refractivity contribution in [1.29, 1.82) is 0 Å². The number of nitrogens with zero attached hydrogens (tertiary/aromatic N) is 4. The molecule has 4 rings (SSSR count).